The van der Waals surface area contributed by atoms with Crippen LogP contribution in [0.3, 0.4) is 0 Å². The van der Waals surface area contributed by atoms with E-state index in [1.807, 2.05) is 4.90 Å². The van der Waals surface area contributed by atoms with Gasteiger partial charge in [0.25, 0.3) is 5.91 Å². The summed E-state index contributed by atoms with van der Waals surface area (Å²) in [5.41, 5.74) is 1.01. The van der Waals surface area contributed by atoms with Gasteiger partial charge in [0.05, 0.1) is 17.2 Å². The van der Waals surface area contributed by atoms with E-state index in [2.05, 4.69) is 10.6 Å². The van der Waals surface area contributed by atoms with Crippen molar-refractivity contribution >= 4 is 29.2 Å². The monoisotopic (exact) mass is 339 g/mol. The summed E-state index contributed by atoms with van der Waals surface area (Å²) in [5, 5.41) is 5.66. The summed E-state index contributed by atoms with van der Waals surface area (Å²) in [4.78, 5) is 26.0. The molecule has 1 heterocycles. The highest BCUT2D eigenvalue weighted by Gasteiger charge is 2.20. The minimum atomic E-state index is -0.340. The normalized spacial score (nSPS) is 14.4. The summed E-state index contributed by atoms with van der Waals surface area (Å²) in [6.45, 7) is 2.41. The van der Waals surface area contributed by atoms with Crippen molar-refractivity contribution < 1.29 is 14.3 Å². The van der Waals surface area contributed by atoms with Crippen molar-refractivity contribution in [1.29, 1.82) is 0 Å². The number of benzene rings is 1. The lowest BCUT2D eigenvalue weighted by Gasteiger charge is -2.27. The lowest BCUT2D eigenvalue weighted by Crippen LogP contribution is -2.35. The molecule has 0 atom stereocenters. The van der Waals surface area contributed by atoms with Crippen molar-refractivity contribution in [2.45, 2.75) is 19.3 Å². The van der Waals surface area contributed by atoms with Crippen molar-refractivity contribution in [3.8, 4) is 0 Å². The number of nitrogens with zero attached hydrogens (tertiary/aromatic N) is 1. The van der Waals surface area contributed by atoms with Crippen LogP contribution in [0, 0.1) is 0 Å². The third-order valence-corrected chi connectivity index (χ3v) is 4.01. The van der Waals surface area contributed by atoms with Crippen molar-refractivity contribution in [2.75, 3.05) is 38.7 Å². The van der Waals surface area contributed by atoms with E-state index in [0.717, 1.165) is 25.9 Å². The molecule has 0 radical (unpaired) electrons. The van der Waals surface area contributed by atoms with Gasteiger partial charge in [0.15, 0.2) is 0 Å². The Balaban J connectivity index is 1.97. The lowest BCUT2D eigenvalue weighted by atomic mass is 10.1. The van der Waals surface area contributed by atoms with Crippen LogP contribution in [0.25, 0.3) is 0 Å². The maximum atomic E-state index is 12.5. The Labute approximate surface area is 141 Å². The predicted octanol–water partition coefficient (Wildman–Crippen LogP) is 2.73. The first-order valence-corrected chi connectivity index (χ1v) is 8.12. The van der Waals surface area contributed by atoms with Gasteiger partial charge in [-0.1, -0.05) is 11.6 Å². The number of rotatable bonds is 5. The van der Waals surface area contributed by atoms with Crippen molar-refractivity contribution in [3.63, 3.8) is 0 Å². The Bertz CT molecular complexity index is 560. The van der Waals surface area contributed by atoms with E-state index in [4.69, 9.17) is 16.3 Å². The molecule has 2 N–H and O–H groups in total. The van der Waals surface area contributed by atoms with Crippen LogP contribution in [0.15, 0.2) is 18.2 Å². The molecule has 7 heteroatoms. The summed E-state index contributed by atoms with van der Waals surface area (Å²) >= 11 is 6.21. The number of carbonyl (C=O) groups is 2. The minimum Gasteiger partial charge on any atom is -0.383 e. The van der Waals surface area contributed by atoms with Crippen molar-refractivity contribution in [2.24, 2.45) is 0 Å². The van der Waals surface area contributed by atoms with Gasteiger partial charge in [-0.15, -0.1) is 0 Å². The summed E-state index contributed by atoms with van der Waals surface area (Å²) in [6, 6.07) is 4.59. The fourth-order valence-corrected chi connectivity index (χ4v) is 2.74. The molecule has 0 aromatic heterocycles. The third kappa shape index (κ3) is 5.11. The highest BCUT2D eigenvalue weighted by molar-refractivity contribution is 6.34. The van der Waals surface area contributed by atoms with Gasteiger partial charge in [-0.3, -0.25) is 4.79 Å². The maximum absolute atomic E-state index is 12.5. The van der Waals surface area contributed by atoms with Gasteiger partial charge in [0.2, 0.25) is 0 Å². The van der Waals surface area contributed by atoms with E-state index in [9.17, 15) is 9.59 Å². The van der Waals surface area contributed by atoms with Crippen LogP contribution in [0.1, 0.15) is 29.6 Å². The van der Waals surface area contributed by atoms with Crippen LogP contribution < -0.4 is 10.6 Å². The molecule has 1 aromatic rings. The largest absolute Gasteiger partial charge is 0.383 e. The van der Waals surface area contributed by atoms with Crippen molar-refractivity contribution in [1.82, 2.24) is 10.2 Å². The van der Waals surface area contributed by atoms with E-state index in [-0.39, 0.29) is 11.9 Å². The van der Waals surface area contributed by atoms with Crippen LogP contribution in [-0.2, 0) is 4.74 Å². The molecule has 0 saturated carbocycles. The highest BCUT2D eigenvalue weighted by Crippen LogP contribution is 2.23. The molecule has 6 nitrogen and oxygen atoms in total. The smallest absolute Gasteiger partial charge is 0.319 e. The molecule has 0 bridgehead atoms. The number of halogens is 1. The number of methoxy groups -OCH3 is 1. The molecular weight excluding hydrogens is 318 g/mol. The summed E-state index contributed by atoms with van der Waals surface area (Å²) in [7, 11) is 1.57. The first-order chi connectivity index (χ1) is 11.1. The number of hydrogen-bond donors (Lipinski definition) is 2. The topological polar surface area (TPSA) is 70.7 Å². The van der Waals surface area contributed by atoms with Crippen LogP contribution in [0.5, 0.6) is 0 Å². The number of piperidine rings is 1. The molecule has 0 spiro atoms. The quantitative estimate of drug-likeness (QED) is 0.810. The number of ether oxygens (including phenoxy) is 1. The molecule has 1 aliphatic heterocycles. The number of anilines is 1. The number of carbonyl (C=O) groups excluding carboxylic acids is 2. The van der Waals surface area contributed by atoms with Gasteiger partial charge >= 0.3 is 6.03 Å². The maximum Gasteiger partial charge on any atom is 0.319 e. The standard InChI is InChI=1S/C16H22ClN3O3/c1-23-10-7-18-16(22)19-12-5-6-13(14(17)11-12)15(21)20-8-3-2-4-9-20/h5-6,11H,2-4,7-10H2,1H3,(H2,18,19,22). The third-order valence-electron chi connectivity index (χ3n) is 3.69. The first-order valence-electron chi connectivity index (χ1n) is 7.74. The summed E-state index contributed by atoms with van der Waals surface area (Å²) in [5.74, 6) is -0.0502. The molecule has 0 aliphatic carbocycles. The Morgan fingerprint density at radius 1 is 1.26 bits per heavy atom. The number of nitrogens with one attached hydrogen (secondary N) is 2. The molecule has 126 valence electrons. The summed E-state index contributed by atoms with van der Waals surface area (Å²) in [6.07, 6.45) is 3.23. The van der Waals surface area contributed by atoms with Gasteiger partial charge < -0.3 is 20.3 Å². The second-order valence-electron chi connectivity index (χ2n) is 5.42. The summed E-state index contributed by atoms with van der Waals surface area (Å²) < 4.78 is 4.86. The molecule has 0 unspecified atom stereocenters. The van der Waals surface area contributed by atoms with E-state index < -0.39 is 0 Å². The number of amides is 3. The second-order valence-corrected chi connectivity index (χ2v) is 5.83. The molecule has 2 rings (SSSR count). The van der Waals surface area contributed by atoms with Gasteiger partial charge in [-0.05, 0) is 37.5 Å². The number of urea groups is 1. The Morgan fingerprint density at radius 3 is 2.65 bits per heavy atom. The average molecular weight is 340 g/mol. The fraction of sp³-hybridized carbons (Fsp3) is 0.500. The molecule has 1 fully saturated rings. The number of hydrogen-bond acceptors (Lipinski definition) is 3. The highest BCUT2D eigenvalue weighted by atomic mass is 35.5. The Morgan fingerprint density at radius 2 is 2.00 bits per heavy atom. The second kappa shape index (κ2) is 8.74. The SMILES string of the molecule is COCCNC(=O)Nc1ccc(C(=O)N2CCCCC2)c(Cl)c1. The molecule has 1 saturated heterocycles. The van der Waals surface area contributed by atoms with Crippen molar-refractivity contribution in [3.05, 3.63) is 28.8 Å². The van der Waals surface area contributed by atoms with Crippen LogP contribution in [0.4, 0.5) is 10.5 Å². The first kappa shape index (κ1) is 17.6. The minimum absolute atomic E-state index is 0.0502. The van der Waals surface area contributed by atoms with Gasteiger partial charge in [0, 0.05) is 32.4 Å². The van der Waals surface area contributed by atoms with Crippen LogP contribution in [-0.4, -0.2) is 50.2 Å². The van der Waals surface area contributed by atoms with E-state index >= 15 is 0 Å². The van der Waals surface area contributed by atoms with Gasteiger partial charge in [0.1, 0.15) is 0 Å². The Hall–Kier alpha value is -1.79. The fourth-order valence-electron chi connectivity index (χ4n) is 2.48. The van der Waals surface area contributed by atoms with E-state index in [1.165, 1.54) is 6.42 Å². The molecule has 23 heavy (non-hydrogen) atoms. The van der Waals surface area contributed by atoms with E-state index in [1.54, 1.807) is 25.3 Å². The van der Waals surface area contributed by atoms with Gasteiger partial charge in [-0.2, -0.15) is 0 Å². The van der Waals surface area contributed by atoms with Crippen LogP contribution >= 0.6 is 11.6 Å². The zero-order valence-corrected chi connectivity index (χ0v) is 14.0. The molecule has 3 amide bonds. The Kier molecular flexibility index (Phi) is 6.67. The molecule has 1 aliphatic rings. The average Bonchev–Trinajstić information content (AvgIpc) is 2.55. The molecule has 1 aromatic carbocycles. The lowest BCUT2D eigenvalue weighted by molar-refractivity contribution is 0.0724. The zero-order chi connectivity index (χ0) is 16.7. The van der Waals surface area contributed by atoms with E-state index in [0.29, 0.717) is 29.4 Å². The zero-order valence-electron chi connectivity index (χ0n) is 13.2. The predicted molar refractivity (Wildman–Crippen MR) is 90.1 cm³/mol. The van der Waals surface area contributed by atoms with Gasteiger partial charge in [-0.25, -0.2) is 4.79 Å². The number of likely N-dealkylation sites (tertiary alicyclic amines) is 1. The van der Waals surface area contributed by atoms with Crippen LogP contribution in [0.2, 0.25) is 5.02 Å². The molecular formula is C16H22ClN3O3.